The Balaban J connectivity index is 1.57. The molecule has 28 heavy (non-hydrogen) atoms. The summed E-state index contributed by atoms with van der Waals surface area (Å²) in [6.45, 7) is 4.10. The highest BCUT2D eigenvalue weighted by Gasteiger charge is 2.23. The van der Waals surface area contributed by atoms with Gasteiger partial charge >= 0.3 is 0 Å². The van der Waals surface area contributed by atoms with Crippen LogP contribution in [0.2, 0.25) is 0 Å². The van der Waals surface area contributed by atoms with Crippen molar-refractivity contribution in [1.29, 1.82) is 0 Å². The maximum atomic E-state index is 13.9. The SMILES string of the molecule is C[C@@H]1NCCO[C@H]1c1ccc(-c2cc(F)ccc2OCc2ccncc2)cc1. The molecule has 0 bridgehead atoms. The Morgan fingerprint density at radius 3 is 2.64 bits per heavy atom. The highest BCUT2D eigenvalue weighted by Crippen LogP contribution is 2.33. The molecule has 2 heterocycles. The number of aromatic nitrogens is 1. The van der Waals surface area contributed by atoms with E-state index in [4.69, 9.17) is 9.47 Å². The molecule has 0 saturated carbocycles. The molecule has 0 radical (unpaired) electrons. The highest BCUT2D eigenvalue weighted by molar-refractivity contribution is 5.70. The van der Waals surface area contributed by atoms with Crippen LogP contribution in [0.1, 0.15) is 24.2 Å². The van der Waals surface area contributed by atoms with Crippen LogP contribution < -0.4 is 10.1 Å². The molecule has 2 aromatic carbocycles. The van der Waals surface area contributed by atoms with Crippen molar-refractivity contribution in [1.82, 2.24) is 10.3 Å². The standard InChI is InChI=1S/C23H23FN2O2/c1-16-23(27-13-12-26-16)19-4-2-18(3-5-19)21-14-20(24)6-7-22(21)28-15-17-8-10-25-11-9-17/h2-11,14,16,23,26H,12-13,15H2,1H3/t16-,23+/m0/s1. The zero-order valence-electron chi connectivity index (χ0n) is 15.8. The molecular formula is C23H23FN2O2. The maximum absolute atomic E-state index is 13.9. The lowest BCUT2D eigenvalue weighted by Crippen LogP contribution is -2.41. The van der Waals surface area contributed by atoms with Crippen LogP contribution in [0, 0.1) is 5.82 Å². The summed E-state index contributed by atoms with van der Waals surface area (Å²) >= 11 is 0. The number of halogens is 1. The van der Waals surface area contributed by atoms with Crippen LogP contribution in [0.3, 0.4) is 0 Å². The van der Waals surface area contributed by atoms with E-state index in [1.807, 2.05) is 36.4 Å². The second kappa shape index (κ2) is 8.50. The second-order valence-electron chi connectivity index (χ2n) is 6.94. The minimum Gasteiger partial charge on any atom is -0.488 e. The monoisotopic (exact) mass is 378 g/mol. The minimum absolute atomic E-state index is 0.0257. The van der Waals surface area contributed by atoms with E-state index in [1.54, 1.807) is 18.5 Å². The molecule has 3 aromatic rings. The Morgan fingerprint density at radius 2 is 1.89 bits per heavy atom. The summed E-state index contributed by atoms with van der Waals surface area (Å²) in [4.78, 5) is 4.01. The summed E-state index contributed by atoms with van der Waals surface area (Å²) in [5, 5.41) is 3.43. The van der Waals surface area contributed by atoms with Gasteiger partial charge in [0, 0.05) is 30.5 Å². The van der Waals surface area contributed by atoms with E-state index in [-0.39, 0.29) is 18.0 Å². The molecule has 144 valence electrons. The third-order valence-electron chi connectivity index (χ3n) is 4.96. The molecule has 1 aromatic heterocycles. The molecule has 4 nitrogen and oxygen atoms in total. The number of morpholine rings is 1. The molecule has 4 rings (SSSR count). The summed E-state index contributed by atoms with van der Waals surface area (Å²) in [6, 6.07) is 16.7. The number of nitrogens with one attached hydrogen (secondary N) is 1. The van der Waals surface area contributed by atoms with E-state index in [2.05, 4.69) is 17.2 Å². The highest BCUT2D eigenvalue weighted by atomic mass is 19.1. The van der Waals surface area contributed by atoms with Crippen LogP contribution in [0.25, 0.3) is 11.1 Å². The minimum atomic E-state index is -0.288. The van der Waals surface area contributed by atoms with E-state index < -0.39 is 0 Å². The molecule has 0 amide bonds. The topological polar surface area (TPSA) is 43.4 Å². The van der Waals surface area contributed by atoms with Gasteiger partial charge in [0.2, 0.25) is 0 Å². The molecule has 1 saturated heterocycles. The van der Waals surface area contributed by atoms with Crippen molar-refractivity contribution in [2.45, 2.75) is 25.7 Å². The summed E-state index contributed by atoms with van der Waals surface area (Å²) in [6.07, 6.45) is 3.48. The van der Waals surface area contributed by atoms with Crippen LogP contribution in [-0.4, -0.2) is 24.2 Å². The van der Waals surface area contributed by atoms with Crippen molar-refractivity contribution in [2.75, 3.05) is 13.2 Å². The second-order valence-corrected chi connectivity index (χ2v) is 6.94. The third-order valence-corrected chi connectivity index (χ3v) is 4.96. The van der Waals surface area contributed by atoms with Gasteiger partial charge in [-0.2, -0.15) is 0 Å². The first-order valence-electron chi connectivity index (χ1n) is 9.47. The van der Waals surface area contributed by atoms with Gasteiger partial charge in [-0.25, -0.2) is 4.39 Å². The molecule has 0 aliphatic carbocycles. The molecule has 2 atom stereocenters. The smallest absolute Gasteiger partial charge is 0.127 e. The molecule has 0 spiro atoms. The molecule has 5 heteroatoms. The molecule has 1 fully saturated rings. The van der Waals surface area contributed by atoms with Crippen LogP contribution in [-0.2, 0) is 11.3 Å². The third kappa shape index (κ3) is 4.21. The van der Waals surface area contributed by atoms with Crippen LogP contribution in [0.5, 0.6) is 5.75 Å². The molecule has 1 N–H and O–H groups in total. The first-order valence-corrected chi connectivity index (χ1v) is 9.47. The first kappa shape index (κ1) is 18.6. The summed E-state index contributed by atoms with van der Waals surface area (Å²) < 4.78 is 25.8. The molecule has 1 aliphatic heterocycles. The fourth-order valence-corrected chi connectivity index (χ4v) is 3.45. The lowest BCUT2D eigenvalue weighted by molar-refractivity contribution is -0.000215. The van der Waals surface area contributed by atoms with Gasteiger partial charge in [0.05, 0.1) is 12.7 Å². The number of rotatable bonds is 5. The summed E-state index contributed by atoms with van der Waals surface area (Å²) in [5.74, 6) is 0.360. The predicted octanol–water partition coefficient (Wildman–Crippen LogP) is 4.52. The van der Waals surface area contributed by atoms with E-state index in [0.717, 1.165) is 28.8 Å². The maximum Gasteiger partial charge on any atom is 0.127 e. The molecule has 1 aliphatic rings. The van der Waals surface area contributed by atoms with Crippen molar-refractivity contribution < 1.29 is 13.9 Å². The fourth-order valence-electron chi connectivity index (χ4n) is 3.45. The van der Waals surface area contributed by atoms with Gasteiger partial charge in [-0.15, -0.1) is 0 Å². The number of pyridine rings is 1. The van der Waals surface area contributed by atoms with Crippen LogP contribution in [0.15, 0.2) is 67.0 Å². The van der Waals surface area contributed by atoms with Gasteiger partial charge in [-0.3, -0.25) is 4.98 Å². The number of nitrogens with zero attached hydrogens (tertiary/aromatic N) is 1. The Labute approximate surface area is 164 Å². The molecule has 0 unspecified atom stereocenters. The normalized spacial score (nSPS) is 19.4. The Kier molecular flexibility index (Phi) is 5.65. The van der Waals surface area contributed by atoms with Crippen LogP contribution in [0.4, 0.5) is 4.39 Å². The van der Waals surface area contributed by atoms with Gasteiger partial charge < -0.3 is 14.8 Å². The van der Waals surface area contributed by atoms with E-state index >= 15 is 0 Å². The average molecular weight is 378 g/mol. The van der Waals surface area contributed by atoms with Gasteiger partial charge in [0.25, 0.3) is 0 Å². The van der Waals surface area contributed by atoms with Crippen molar-refractivity contribution in [2.24, 2.45) is 0 Å². The first-order chi connectivity index (χ1) is 13.7. The number of hydrogen-bond donors (Lipinski definition) is 1. The van der Waals surface area contributed by atoms with Gasteiger partial charge in [-0.05, 0) is 53.9 Å². The van der Waals surface area contributed by atoms with Crippen molar-refractivity contribution >= 4 is 0 Å². The quantitative estimate of drug-likeness (QED) is 0.709. The largest absolute Gasteiger partial charge is 0.488 e. The Bertz CT molecular complexity index is 916. The van der Waals surface area contributed by atoms with Crippen LogP contribution >= 0.6 is 0 Å². The van der Waals surface area contributed by atoms with Gasteiger partial charge in [0.1, 0.15) is 18.2 Å². The Morgan fingerprint density at radius 1 is 1.11 bits per heavy atom. The fraction of sp³-hybridized carbons (Fsp3) is 0.261. The van der Waals surface area contributed by atoms with Gasteiger partial charge in [0.15, 0.2) is 0 Å². The van der Waals surface area contributed by atoms with Crippen molar-refractivity contribution in [3.63, 3.8) is 0 Å². The van der Waals surface area contributed by atoms with Crippen molar-refractivity contribution in [3.05, 3.63) is 83.9 Å². The summed E-state index contributed by atoms with van der Waals surface area (Å²) in [5.41, 5.74) is 3.76. The lowest BCUT2D eigenvalue weighted by atomic mass is 9.98. The number of ether oxygens (including phenoxy) is 2. The summed E-state index contributed by atoms with van der Waals surface area (Å²) in [7, 11) is 0. The zero-order chi connectivity index (χ0) is 19.3. The van der Waals surface area contributed by atoms with Crippen molar-refractivity contribution in [3.8, 4) is 16.9 Å². The van der Waals surface area contributed by atoms with E-state index in [1.165, 1.54) is 12.1 Å². The van der Waals surface area contributed by atoms with Gasteiger partial charge in [-0.1, -0.05) is 24.3 Å². The number of benzene rings is 2. The van der Waals surface area contributed by atoms with E-state index in [9.17, 15) is 4.39 Å². The molecular weight excluding hydrogens is 355 g/mol. The Hall–Kier alpha value is -2.76. The zero-order valence-corrected chi connectivity index (χ0v) is 15.8. The van der Waals surface area contributed by atoms with E-state index in [0.29, 0.717) is 19.0 Å². The predicted molar refractivity (Wildman–Crippen MR) is 107 cm³/mol. The number of hydrogen-bond acceptors (Lipinski definition) is 4. The average Bonchev–Trinajstić information content (AvgIpc) is 2.74. The lowest BCUT2D eigenvalue weighted by Gasteiger charge is -2.30.